The van der Waals surface area contributed by atoms with Crippen LogP contribution in [0.25, 0.3) is 6.15 Å². The number of hydrogen-bond acceptors (Lipinski definition) is 4. The molecule has 0 aromatic heterocycles. The topological polar surface area (TPSA) is 79.6 Å². The molecule has 0 amide bonds. The molecule has 0 aliphatic carbocycles. The van der Waals surface area contributed by atoms with Gasteiger partial charge in [0.1, 0.15) is 0 Å². The second kappa shape index (κ2) is 23.4. The van der Waals surface area contributed by atoms with Crippen LogP contribution < -0.4 is 9.79 Å². The first-order valence-electron chi connectivity index (χ1n) is 3.04. The smallest absolute Gasteiger partial charge is 0 e. The van der Waals surface area contributed by atoms with Crippen LogP contribution >= 0.6 is 5.69 Å². The van der Waals surface area contributed by atoms with E-state index in [1.165, 1.54) is 0 Å². The maximum Gasteiger partial charge on any atom is 0 e. The summed E-state index contributed by atoms with van der Waals surface area (Å²) in [7, 11) is 0. The van der Waals surface area contributed by atoms with E-state index >= 15 is 0 Å². The minimum absolute atomic E-state index is 0. The van der Waals surface area contributed by atoms with E-state index in [4.69, 9.17) is 0 Å². The first-order chi connectivity index (χ1) is 4.83. The van der Waals surface area contributed by atoms with Crippen LogP contribution in [-0.2, 0) is 45.1 Å². The molecule has 0 aliphatic heterocycles. The van der Waals surface area contributed by atoms with Crippen LogP contribution in [0, 0.1) is 12.8 Å². The predicted octanol–water partition coefficient (Wildman–Crippen LogP) is 1.65. The number of hydrogen-bond donors (Lipinski definition) is 0. The van der Waals surface area contributed by atoms with Gasteiger partial charge in [0.15, 0.2) is 0 Å². The van der Waals surface area contributed by atoms with Crippen molar-refractivity contribution in [3.05, 3.63) is 19.0 Å². The average Bonchev–Trinajstić information content (AvgIpc) is 1.62. The van der Waals surface area contributed by atoms with Crippen molar-refractivity contribution in [3.8, 4) is 0 Å². The molecule has 2 N–H and O–H groups in total. The summed E-state index contributed by atoms with van der Waals surface area (Å²) in [6.45, 7) is 8.00. The van der Waals surface area contributed by atoms with Crippen molar-refractivity contribution in [1.82, 2.24) is 0 Å². The van der Waals surface area contributed by atoms with Gasteiger partial charge >= 0.3 is 0 Å². The van der Waals surface area contributed by atoms with Crippen molar-refractivity contribution >= 4 is 29.7 Å². The van der Waals surface area contributed by atoms with E-state index in [-0.39, 0.29) is 27.2 Å². The quantitative estimate of drug-likeness (QED) is 0.344. The third-order valence-electron chi connectivity index (χ3n) is 0. The molecular weight excluding hydrogens is 397 g/mol. The standard InChI is InChI=1S/2C3H7.H2N.H3O2PS2.W/c2*1-3-2;;1-3(2,4)5;/h2*3H,1-2H3;1H2;(H3,1,2,4,5);/q3*-1;;/p-3. The van der Waals surface area contributed by atoms with Crippen LogP contribution in [-0.4, -0.2) is 0 Å². The molecule has 0 saturated carbocycles. The van der Waals surface area contributed by atoms with E-state index in [0.717, 1.165) is 0 Å². The summed E-state index contributed by atoms with van der Waals surface area (Å²) in [5.41, 5.74) is -3.72. The Balaban J connectivity index is -0.0000000240. The number of nitrogens with two attached hydrogens (primary N) is 1. The third-order valence-corrected chi connectivity index (χ3v) is 0. The van der Waals surface area contributed by atoms with Gasteiger partial charge in [0, 0.05) is 21.1 Å². The zero-order valence-corrected chi connectivity index (χ0v) is 13.7. The summed E-state index contributed by atoms with van der Waals surface area (Å²) in [5.74, 6) is 0. The minimum atomic E-state index is -3.72. The van der Waals surface area contributed by atoms with Gasteiger partial charge in [-0.1, -0.05) is 0 Å². The molecule has 0 spiro atoms. The Morgan fingerprint density at radius 2 is 1.08 bits per heavy atom. The molecule has 0 fully saturated rings. The van der Waals surface area contributed by atoms with E-state index in [0.29, 0.717) is 0 Å². The molecule has 0 rings (SSSR count). The first kappa shape index (κ1) is 29.3. The van der Waals surface area contributed by atoms with E-state index in [1.54, 1.807) is 0 Å². The molecule has 0 aromatic carbocycles. The molecule has 0 radical (unpaired) electrons. The summed E-state index contributed by atoms with van der Waals surface area (Å²) in [6.07, 6.45) is 4.00. The fourth-order valence-electron chi connectivity index (χ4n) is 0. The molecule has 0 unspecified atom stereocenters. The van der Waals surface area contributed by atoms with Gasteiger partial charge in [-0.25, -0.2) is 0 Å². The van der Waals surface area contributed by atoms with Crippen molar-refractivity contribution in [1.29, 1.82) is 0 Å². The van der Waals surface area contributed by atoms with Gasteiger partial charge in [-0.05, 0) is 0 Å². The normalized spacial score (nSPS) is 7.31. The fourth-order valence-corrected chi connectivity index (χ4v) is 0. The van der Waals surface area contributed by atoms with E-state index in [2.05, 4.69) is 24.1 Å². The second-order valence-electron chi connectivity index (χ2n) is 1.60. The van der Waals surface area contributed by atoms with Gasteiger partial charge in [0.2, 0.25) is 0 Å². The molecule has 0 aliphatic rings. The van der Waals surface area contributed by atoms with Crippen molar-refractivity contribution in [2.24, 2.45) is 0 Å². The molecule has 0 atom stereocenters. The van der Waals surface area contributed by atoms with Crippen LogP contribution in [0.3, 0.4) is 0 Å². The van der Waals surface area contributed by atoms with Crippen molar-refractivity contribution in [3.63, 3.8) is 0 Å². The minimum Gasteiger partial charge on any atom is -0.850 e. The van der Waals surface area contributed by atoms with Crippen LogP contribution in [0.2, 0.25) is 0 Å². The second-order valence-corrected chi connectivity index (χ2v) is 6.07. The van der Waals surface area contributed by atoms with Crippen LogP contribution in [0.15, 0.2) is 0 Å². The molecule has 0 heterocycles. The molecule has 0 bridgehead atoms. The van der Waals surface area contributed by atoms with Crippen molar-refractivity contribution < 1.29 is 30.9 Å². The number of rotatable bonds is 0. The predicted molar refractivity (Wildman–Crippen MR) is 58.2 cm³/mol. The van der Waals surface area contributed by atoms with Crippen molar-refractivity contribution in [2.45, 2.75) is 27.7 Å². The summed E-state index contributed by atoms with van der Waals surface area (Å²) in [6, 6.07) is 0. The summed E-state index contributed by atoms with van der Waals surface area (Å²) in [4.78, 5) is 18.6. The summed E-state index contributed by atoms with van der Waals surface area (Å²) >= 11 is 7.28. The Labute approximate surface area is 107 Å². The van der Waals surface area contributed by atoms with E-state index in [9.17, 15) is 9.79 Å². The Morgan fingerprint density at radius 3 is 1.08 bits per heavy atom. The van der Waals surface area contributed by atoms with E-state index in [1.807, 2.05) is 40.5 Å². The molecule has 13 heavy (non-hydrogen) atoms. The van der Waals surface area contributed by atoms with Crippen LogP contribution in [0.1, 0.15) is 27.7 Å². The molecule has 3 nitrogen and oxygen atoms in total. The van der Waals surface area contributed by atoms with Gasteiger partial charge in [0.05, 0.1) is 0 Å². The zero-order chi connectivity index (χ0) is 9.91. The third kappa shape index (κ3) is 738. The van der Waals surface area contributed by atoms with Gasteiger partial charge < -0.3 is 46.7 Å². The Hall–Kier alpha value is 1.57. The monoisotopic (exact) mass is 413 g/mol. The molecular formula is C6H16NO2PS2W-6. The summed E-state index contributed by atoms with van der Waals surface area (Å²) < 4.78 is 0. The Bertz CT molecular complexity index is 92.4. The zero-order valence-electron chi connectivity index (χ0n) is 8.22. The first-order valence-corrected chi connectivity index (χ1v) is 6.69. The average molecular weight is 413 g/mol. The van der Waals surface area contributed by atoms with Crippen LogP contribution in [0.5, 0.6) is 0 Å². The Morgan fingerprint density at radius 1 is 1.08 bits per heavy atom. The van der Waals surface area contributed by atoms with Crippen LogP contribution in [0.4, 0.5) is 0 Å². The van der Waals surface area contributed by atoms with Gasteiger partial charge in [0.25, 0.3) is 0 Å². The largest absolute Gasteiger partial charge is 0.850 e. The Kier molecular flexibility index (Phi) is 52.8. The maximum absolute atomic E-state index is 9.29. The molecule has 86 valence electrons. The SMILES string of the molecule is C[CH-]C.C[CH-]C.[NH2-].[O-]P([O-])(=S)[S-].[W]. The van der Waals surface area contributed by atoms with Gasteiger partial charge in [-0.2, -0.15) is 39.5 Å². The molecule has 0 saturated heterocycles. The molecule has 0 aromatic rings. The van der Waals surface area contributed by atoms with E-state index < -0.39 is 5.69 Å². The molecule has 7 heteroatoms. The van der Waals surface area contributed by atoms with Gasteiger partial charge in [-0.15, -0.1) is 0 Å². The van der Waals surface area contributed by atoms with Gasteiger partial charge in [-0.3, -0.25) is 0 Å². The fraction of sp³-hybridized carbons (Fsp3) is 0.667. The maximum atomic E-state index is 9.29. The summed E-state index contributed by atoms with van der Waals surface area (Å²) in [5, 5.41) is 0. The van der Waals surface area contributed by atoms with Crippen molar-refractivity contribution in [2.75, 3.05) is 0 Å².